The molecule has 3 aromatic rings. The van der Waals surface area contributed by atoms with Gasteiger partial charge >= 0.3 is 5.97 Å². The molecule has 1 N–H and O–H groups in total. The third-order valence-corrected chi connectivity index (χ3v) is 11.6. The van der Waals surface area contributed by atoms with Crippen LogP contribution < -0.4 is 15.9 Å². The maximum absolute atomic E-state index is 10.7. The Kier molecular flexibility index (Phi) is 7.41. The first-order valence-electron chi connectivity index (χ1n) is 9.69. The van der Waals surface area contributed by atoms with Crippen LogP contribution in [0, 0.1) is 0 Å². The van der Waals surface area contributed by atoms with E-state index in [0.717, 1.165) is 24.8 Å². The molecule has 0 atom stereocenters. The molecule has 0 unspecified atom stereocenters. The molecule has 148 valence electrons. The molecule has 3 aromatic carbocycles. The molecule has 0 aliphatic heterocycles. The summed E-state index contributed by atoms with van der Waals surface area (Å²) in [5, 5.41) is 12.7. The van der Waals surface area contributed by atoms with Crippen molar-refractivity contribution in [3.8, 4) is 0 Å². The fourth-order valence-corrected chi connectivity index (χ4v) is 8.18. The van der Waals surface area contributed by atoms with Crippen LogP contribution in [0.15, 0.2) is 96.6 Å². The molecule has 2 nitrogen and oxygen atoms in total. The van der Waals surface area contributed by atoms with Crippen LogP contribution in [0.25, 0.3) is 0 Å². The Balaban J connectivity index is 1.83. The van der Waals surface area contributed by atoms with Gasteiger partial charge in [-0.05, 0) is 68.1 Å². The van der Waals surface area contributed by atoms with Crippen LogP contribution in [-0.4, -0.2) is 11.1 Å². The van der Waals surface area contributed by atoms with Crippen molar-refractivity contribution in [2.75, 3.05) is 0 Å². The maximum Gasteiger partial charge on any atom is 0.328 e. The lowest BCUT2D eigenvalue weighted by Gasteiger charge is -2.20. The lowest BCUT2D eigenvalue weighted by atomic mass is 10.0. The number of allylic oxidation sites excluding steroid dienone is 1. The smallest absolute Gasteiger partial charge is 0.328 e. The number of hydrogen-bond acceptors (Lipinski definition) is 1. The Labute approximate surface area is 181 Å². The molecule has 3 rings (SSSR count). The van der Waals surface area contributed by atoms with Crippen LogP contribution in [0.4, 0.5) is 0 Å². The number of carboxylic acids is 1. The molecular weight excluding hydrogens is 443 g/mol. The summed E-state index contributed by atoms with van der Waals surface area (Å²) < 4.78 is 0. The van der Waals surface area contributed by atoms with Crippen LogP contribution in [0.3, 0.4) is 0 Å². The quantitative estimate of drug-likeness (QED) is 0.343. The van der Waals surface area contributed by atoms with Gasteiger partial charge in [-0.3, -0.25) is 0 Å². The zero-order chi connectivity index (χ0) is 20.7. The van der Waals surface area contributed by atoms with Gasteiger partial charge in [-0.25, -0.2) is 4.79 Å². The number of aryl methyl sites for hydroxylation is 1. The monoisotopic (exact) mass is 467 g/mol. The van der Waals surface area contributed by atoms with E-state index in [1.807, 2.05) is 6.92 Å². The summed E-state index contributed by atoms with van der Waals surface area (Å²) in [6.07, 6.45) is 3.99. The van der Waals surface area contributed by atoms with E-state index in [0.29, 0.717) is 0 Å². The number of aliphatic carboxylic acids is 1. The van der Waals surface area contributed by atoms with Gasteiger partial charge in [0.1, 0.15) is 15.9 Å². The first kappa shape index (κ1) is 21.5. The van der Waals surface area contributed by atoms with Gasteiger partial charge in [0.15, 0.2) is 21.5 Å². The number of hydrogen-bond donors (Lipinski definition) is 1. The molecule has 0 amide bonds. The van der Waals surface area contributed by atoms with E-state index in [4.69, 9.17) is 5.11 Å². The second kappa shape index (κ2) is 10.0. The van der Waals surface area contributed by atoms with Crippen molar-refractivity contribution in [2.24, 2.45) is 0 Å². The summed E-state index contributed by atoms with van der Waals surface area (Å²) in [4.78, 5) is 10.7. The summed E-state index contributed by atoms with van der Waals surface area (Å²) in [7, 11) is 0. The molecule has 0 heterocycles. The van der Waals surface area contributed by atoms with Crippen molar-refractivity contribution in [3.63, 3.8) is 0 Å². The number of rotatable bonds is 8. The molecular formula is C25H25BrO2P+. The topological polar surface area (TPSA) is 37.3 Å². The largest absolute Gasteiger partial charge is 0.478 e. The van der Waals surface area contributed by atoms with Crippen molar-refractivity contribution in [2.45, 2.75) is 26.2 Å². The Hall–Kier alpha value is -2.22. The average molecular weight is 468 g/mol. The highest BCUT2D eigenvalue weighted by Crippen LogP contribution is 2.62. The summed E-state index contributed by atoms with van der Waals surface area (Å²) in [5.74, 6) is -2.73. The van der Waals surface area contributed by atoms with Crippen LogP contribution in [0.2, 0.25) is 0 Å². The lowest BCUT2D eigenvalue weighted by Crippen LogP contribution is -2.26. The van der Waals surface area contributed by atoms with Crippen LogP contribution >= 0.6 is 21.5 Å². The molecule has 0 saturated heterocycles. The molecule has 0 saturated carbocycles. The minimum atomic E-state index is -1.87. The molecule has 0 radical (unpaired) electrons. The predicted octanol–water partition coefficient (Wildman–Crippen LogP) is 5.64. The highest BCUT2D eigenvalue weighted by atomic mass is 79.9. The van der Waals surface area contributed by atoms with E-state index < -0.39 is 11.9 Å². The van der Waals surface area contributed by atoms with E-state index in [9.17, 15) is 4.79 Å². The minimum absolute atomic E-state index is 0.803. The zero-order valence-corrected chi connectivity index (χ0v) is 18.9. The van der Waals surface area contributed by atoms with E-state index in [1.54, 1.807) is 0 Å². The van der Waals surface area contributed by atoms with Crippen molar-refractivity contribution in [1.82, 2.24) is 0 Å². The summed E-state index contributed by atoms with van der Waals surface area (Å²) in [5.41, 5.74) is 2.18. The average Bonchev–Trinajstić information content (AvgIpc) is 2.74. The third kappa shape index (κ3) is 5.44. The first-order chi connectivity index (χ1) is 14.0. The molecule has 4 heteroatoms. The van der Waals surface area contributed by atoms with Crippen LogP contribution in [0.1, 0.15) is 25.3 Å². The summed E-state index contributed by atoms with van der Waals surface area (Å²) in [6, 6.07) is 30.1. The third-order valence-electron chi connectivity index (χ3n) is 4.92. The Bertz CT molecular complexity index is 927. The fourth-order valence-electron chi connectivity index (χ4n) is 3.44. The van der Waals surface area contributed by atoms with Crippen molar-refractivity contribution in [3.05, 3.63) is 102 Å². The summed E-state index contributed by atoms with van der Waals surface area (Å²) >= 11 is 4.18. The fraction of sp³-hybridized carbons (Fsp3) is 0.160. The first-order valence-corrected chi connectivity index (χ1v) is 13.5. The van der Waals surface area contributed by atoms with E-state index >= 15 is 0 Å². The summed E-state index contributed by atoms with van der Waals surface area (Å²) in [6.45, 7) is 1.88. The van der Waals surface area contributed by atoms with Gasteiger partial charge < -0.3 is 5.11 Å². The molecule has 0 aromatic heterocycles. The number of benzene rings is 3. The molecule has 0 fully saturated rings. The molecule has 0 bridgehead atoms. The predicted molar refractivity (Wildman–Crippen MR) is 128 cm³/mol. The normalized spacial score (nSPS) is 12.0. The maximum atomic E-state index is 10.7. The second-order valence-corrected chi connectivity index (χ2v) is 13.0. The Morgan fingerprint density at radius 3 is 1.83 bits per heavy atom. The molecule has 0 spiro atoms. The van der Waals surface area contributed by atoms with Gasteiger partial charge in [0.25, 0.3) is 0 Å². The van der Waals surface area contributed by atoms with Gasteiger partial charge in [0, 0.05) is 6.08 Å². The number of carbonyl (C=O) groups is 1. The van der Waals surface area contributed by atoms with Gasteiger partial charge in [0.05, 0.1) is 0 Å². The number of halogens is 1. The minimum Gasteiger partial charge on any atom is -0.478 e. The molecule has 0 aliphatic rings. The Morgan fingerprint density at radius 2 is 1.34 bits per heavy atom. The van der Waals surface area contributed by atoms with Crippen molar-refractivity contribution >= 4 is 43.3 Å². The second-order valence-electron chi connectivity index (χ2n) is 7.11. The van der Waals surface area contributed by atoms with Gasteiger partial charge in [-0.15, -0.1) is 0 Å². The van der Waals surface area contributed by atoms with E-state index in [-0.39, 0.29) is 0 Å². The van der Waals surface area contributed by atoms with Gasteiger partial charge in [-0.1, -0.05) is 54.1 Å². The van der Waals surface area contributed by atoms with Crippen molar-refractivity contribution < 1.29 is 9.90 Å². The zero-order valence-electron chi connectivity index (χ0n) is 16.5. The van der Waals surface area contributed by atoms with Crippen LogP contribution in [-0.2, 0) is 11.2 Å². The SMILES string of the molecule is C/C(=C/C(=O)O)CCCc1ccc([P+](Br)(c2ccccc2)c2ccccc2)cc1. The lowest BCUT2D eigenvalue weighted by molar-refractivity contribution is -0.131. The van der Waals surface area contributed by atoms with Crippen LogP contribution in [0.5, 0.6) is 0 Å². The van der Waals surface area contributed by atoms with Gasteiger partial charge in [-0.2, -0.15) is 0 Å². The van der Waals surface area contributed by atoms with E-state index in [1.165, 1.54) is 27.6 Å². The van der Waals surface area contributed by atoms with Crippen molar-refractivity contribution in [1.29, 1.82) is 0 Å². The highest BCUT2D eigenvalue weighted by Gasteiger charge is 2.43. The Morgan fingerprint density at radius 1 is 0.862 bits per heavy atom. The highest BCUT2D eigenvalue weighted by molar-refractivity contribution is 9.44. The standard InChI is InChI=1S/C25H24BrO2P/c1-20(19-25(27)28)9-8-10-21-15-17-24(18-16-21)29(26,22-11-4-2-5-12-22)23-13-6-3-7-14-23/h2-7,11-19H,8-10H2,1H3/p+1/b20-19-. The molecule has 29 heavy (non-hydrogen) atoms. The van der Waals surface area contributed by atoms with Gasteiger partial charge in [0.2, 0.25) is 0 Å². The van der Waals surface area contributed by atoms with E-state index in [2.05, 4.69) is 100 Å². The number of carboxylic acid groups (broad SMARTS) is 1. The molecule has 0 aliphatic carbocycles.